The number of ether oxygens (including phenoxy) is 1. The zero-order valence-corrected chi connectivity index (χ0v) is 16.9. The Morgan fingerprint density at radius 3 is 2.14 bits per heavy atom. The zero-order valence-electron chi connectivity index (χ0n) is 16.1. The molecule has 3 aromatic carbocycles. The van der Waals surface area contributed by atoms with Gasteiger partial charge in [-0.2, -0.15) is 0 Å². The molecule has 5 heteroatoms. The normalized spacial score (nSPS) is 12.4. The predicted octanol–water partition coefficient (Wildman–Crippen LogP) is 5.58. The monoisotopic (exact) mass is 395 g/mol. The molecule has 0 bridgehead atoms. The summed E-state index contributed by atoms with van der Waals surface area (Å²) >= 11 is 0. The molecule has 0 radical (unpaired) electrons. The van der Waals surface area contributed by atoms with Gasteiger partial charge in [-0.25, -0.2) is 8.42 Å². The van der Waals surface area contributed by atoms with Crippen molar-refractivity contribution in [2.24, 2.45) is 0 Å². The van der Waals surface area contributed by atoms with Gasteiger partial charge in [0, 0.05) is 5.69 Å². The second kappa shape index (κ2) is 8.93. The second-order valence-electron chi connectivity index (χ2n) is 6.78. The van der Waals surface area contributed by atoms with E-state index in [4.69, 9.17) is 4.74 Å². The quantitative estimate of drug-likeness (QED) is 0.542. The van der Waals surface area contributed by atoms with Crippen molar-refractivity contribution in [2.45, 2.75) is 37.7 Å². The number of sulfonamides is 1. The van der Waals surface area contributed by atoms with Gasteiger partial charge in [0.25, 0.3) is 10.0 Å². The first kappa shape index (κ1) is 20.0. The summed E-state index contributed by atoms with van der Waals surface area (Å²) < 4.78 is 33.6. The van der Waals surface area contributed by atoms with Crippen molar-refractivity contribution in [2.75, 3.05) is 4.72 Å². The van der Waals surface area contributed by atoms with Gasteiger partial charge in [0.1, 0.15) is 12.4 Å². The average Bonchev–Trinajstić information content (AvgIpc) is 2.73. The SMILES string of the molecule is CCC(C)c1ccc(S(=O)(=O)Nc2ccc(OCc3ccccc3)cc2)cc1. The number of nitrogens with one attached hydrogen (secondary N) is 1. The highest BCUT2D eigenvalue weighted by Gasteiger charge is 2.15. The van der Waals surface area contributed by atoms with E-state index in [0.717, 1.165) is 17.5 Å². The molecule has 0 aliphatic rings. The van der Waals surface area contributed by atoms with Crippen LogP contribution < -0.4 is 9.46 Å². The van der Waals surface area contributed by atoms with E-state index in [-0.39, 0.29) is 4.90 Å². The van der Waals surface area contributed by atoms with Crippen LogP contribution in [-0.2, 0) is 16.6 Å². The van der Waals surface area contributed by atoms with Crippen LogP contribution in [0.1, 0.15) is 37.3 Å². The van der Waals surface area contributed by atoms with E-state index in [2.05, 4.69) is 18.6 Å². The largest absolute Gasteiger partial charge is 0.489 e. The molecule has 0 heterocycles. The molecule has 0 amide bonds. The first-order valence-electron chi connectivity index (χ1n) is 9.37. The smallest absolute Gasteiger partial charge is 0.261 e. The Balaban J connectivity index is 1.64. The van der Waals surface area contributed by atoms with Crippen molar-refractivity contribution >= 4 is 15.7 Å². The fourth-order valence-electron chi connectivity index (χ4n) is 2.79. The minimum Gasteiger partial charge on any atom is -0.489 e. The molecule has 3 rings (SSSR count). The summed E-state index contributed by atoms with van der Waals surface area (Å²) in [7, 11) is -3.62. The third kappa shape index (κ3) is 5.14. The molecule has 0 aliphatic carbocycles. The molecule has 28 heavy (non-hydrogen) atoms. The third-order valence-electron chi connectivity index (χ3n) is 4.73. The molecule has 3 aromatic rings. The summed E-state index contributed by atoms with van der Waals surface area (Å²) in [6.45, 7) is 4.71. The van der Waals surface area contributed by atoms with Gasteiger partial charge in [0.15, 0.2) is 0 Å². The Hall–Kier alpha value is -2.79. The number of rotatable bonds is 8. The number of hydrogen-bond donors (Lipinski definition) is 1. The summed E-state index contributed by atoms with van der Waals surface area (Å²) in [6, 6.07) is 23.9. The molecule has 1 atom stereocenters. The summed E-state index contributed by atoms with van der Waals surface area (Å²) in [5.74, 6) is 1.10. The van der Waals surface area contributed by atoms with Crippen LogP contribution in [0.5, 0.6) is 5.75 Å². The van der Waals surface area contributed by atoms with Crippen LogP contribution in [0.2, 0.25) is 0 Å². The van der Waals surface area contributed by atoms with Crippen LogP contribution in [0.15, 0.2) is 83.8 Å². The first-order chi connectivity index (χ1) is 13.5. The maximum atomic E-state index is 12.6. The lowest BCUT2D eigenvalue weighted by molar-refractivity contribution is 0.306. The van der Waals surface area contributed by atoms with Crippen LogP contribution in [0.4, 0.5) is 5.69 Å². The molecule has 0 spiro atoms. The molecule has 1 unspecified atom stereocenters. The van der Waals surface area contributed by atoms with Gasteiger partial charge in [-0.3, -0.25) is 4.72 Å². The summed E-state index contributed by atoms with van der Waals surface area (Å²) in [6.07, 6.45) is 1.02. The van der Waals surface area contributed by atoms with E-state index in [1.165, 1.54) is 0 Å². The van der Waals surface area contributed by atoms with Crippen LogP contribution in [0, 0.1) is 0 Å². The Morgan fingerprint density at radius 1 is 0.893 bits per heavy atom. The second-order valence-corrected chi connectivity index (χ2v) is 8.46. The fourth-order valence-corrected chi connectivity index (χ4v) is 3.84. The topological polar surface area (TPSA) is 55.4 Å². The molecule has 0 aliphatic heterocycles. The van der Waals surface area contributed by atoms with E-state index >= 15 is 0 Å². The molecular formula is C23H25NO3S. The summed E-state index contributed by atoms with van der Waals surface area (Å²) in [5.41, 5.74) is 2.72. The Labute approximate surface area is 167 Å². The average molecular weight is 396 g/mol. The van der Waals surface area contributed by atoms with Gasteiger partial charge < -0.3 is 4.74 Å². The Bertz CT molecular complexity index is 982. The number of hydrogen-bond acceptors (Lipinski definition) is 3. The molecule has 0 saturated carbocycles. The maximum absolute atomic E-state index is 12.6. The standard InChI is InChI=1S/C23H25NO3S/c1-3-18(2)20-9-15-23(16-10-20)28(25,26)24-21-11-13-22(14-12-21)27-17-19-7-5-4-6-8-19/h4-16,18,24H,3,17H2,1-2H3. The third-order valence-corrected chi connectivity index (χ3v) is 6.12. The highest BCUT2D eigenvalue weighted by Crippen LogP contribution is 2.23. The van der Waals surface area contributed by atoms with Crippen molar-refractivity contribution in [1.29, 1.82) is 0 Å². The minimum absolute atomic E-state index is 0.254. The van der Waals surface area contributed by atoms with E-state index in [0.29, 0.717) is 24.0 Å². The van der Waals surface area contributed by atoms with Crippen molar-refractivity contribution in [3.8, 4) is 5.75 Å². The molecule has 0 fully saturated rings. The zero-order chi connectivity index (χ0) is 20.0. The van der Waals surface area contributed by atoms with E-state index in [1.54, 1.807) is 36.4 Å². The van der Waals surface area contributed by atoms with Crippen LogP contribution >= 0.6 is 0 Å². The van der Waals surface area contributed by atoms with E-state index in [9.17, 15) is 8.42 Å². The van der Waals surface area contributed by atoms with Crippen LogP contribution in [0.3, 0.4) is 0 Å². The Kier molecular flexibility index (Phi) is 6.37. The predicted molar refractivity (Wildman–Crippen MR) is 113 cm³/mol. The van der Waals surface area contributed by atoms with E-state index < -0.39 is 10.0 Å². The molecule has 0 aromatic heterocycles. The summed E-state index contributed by atoms with van der Waals surface area (Å²) in [5, 5.41) is 0. The summed E-state index contributed by atoms with van der Waals surface area (Å²) in [4.78, 5) is 0.254. The van der Waals surface area contributed by atoms with Gasteiger partial charge in [-0.05, 0) is 59.9 Å². The number of anilines is 1. The number of benzene rings is 3. The first-order valence-corrected chi connectivity index (χ1v) is 10.9. The van der Waals surface area contributed by atoms with Gasteiger partial charge in [0.05, 0.1) is 4.90 Å². The molecule has 1 N–H and O–H groups in total. The van der Waals surface area contributed by atoms with Crippen molar-refractivity contribution < 1.29 is 13.2 Å². The van der Waals surface area contributed by atoms with E-state index in [1.807, 2.05) is 42.5 Å². The van der Waals surface area contributed by atoms with Gasteiger partial charge in [-0.1, -0.05) is 56.3 Å². The minimum atomic E-state index is -3.62. The van der Waals surface area contributed by atoms with Crippen molar-refractivity contribution in [3.05, 3.63) is 90.0 Å². The highest BCUT2D eigenvalue weighted by molar-refractivity contribution is 7.92. The van der Waals surface area contributed by atoms with Gasteiger partial charge in [0.2, 0.25) is 0 Å². The maximum Gasteiger partial charge on any atom is 0.261 e. The molecular weight excluding hydrogens is 370 g/mol. The van der Waals surface area contributed by atoms with Gasteiger partial charge >= 0.3 is 0 Å². The van der Waals surface area contributed by atoms with Crippen LogP contribution in [-0.4, -0.2) is 8.42 Å². The Morgan fingerprint density at radius 2 is 1.54 bits per heavy atom. The van der Waals surface area contributed by atoms with Gasteiger partial charge in [-0.15, -0.1) is 0 Å². The molecule has 0 saturated heterocycles. The lowest BCUT2D eigenvalue weighted by Crippen LogP contribution is -2.13. The lowest BCUT2D eigenvalue weighted by Gasteiger charge is -2.12. The highest BCUT2D eigenvalue weighted by atomic mass is 32.2. The van der Waals surface area contributed by atoms with Crippen molar-refractivity contribution in [1.82, 2.24) is 0 Å². The van der Waals surface area contributed by atoms with Crippen molar-refractivity contribution in [3.63, 3.8) is 0 Å². The van der Waals surface area contributed by atoms with Crippen LogP contribution in [0.25, 0.3) is 0 Å². The fraction of sp³-hybridized carbons (Fsp3) is 0.217. The molecule has 4 nitrogen and oxygen atoms in total. The lowest BCUT2D eigenvalue weighted by atomic mass is 9.99. The molecule has 146 valence electrons.